The van der Waals surface area contributed by atoms with Gasteiger partial charge in [0.15, 0.2) is 0 Å². The van der Waals surface area contributed by atoms with E-state index in [1.807, 2.05) is 13.1 Å². The zero-order valence-electron chi connectivity index (χ0n) is 9.85. The number of hydrogen-bond acceptors (Lipinski definition) is 2. The van der Waals surface area contributed by atoms with Crippen LogP contribution in [0.4, 0.5) is 0 Å². The Morgan fingerprint density at radius 2 is 2.25 bits per heavy atom. The summed E-state index contributed by atoms with van der Waals surface area (Å²) >= 11 is 3.51. The standard InChI is InChI=1S/C13H18BrNO/c1-4-10(2)9-16-13-6-5-11(8-15-3)7-12(13)14/h5-7,15H,2,4,8-9H2,1,3H3. The molecule has 1 rings (SSSR count). The zero-order chi connectivity index (χ0) is 12.0. The average molecular weight is 284 g/mol. The molecule has 16 heavy (non-hydrogen) atoms. The van der Waals surface area contributed by atoms with Crippen LogP contribution in [0.25, 0.3) is 0 Å². The van der Waals surface area contributed by atoms with Gasteiger partial charge in [0.05, 0.1) is 4.47 Å². The van der Waals surface area contributed by atoms with Crippen LogP contribution in [0.1, 0.15) is 18.9 Å². The second kappa shape index (κ2) is 6.71. The molecule has 1 aromatic carbocycles. The molecule has 0 unspecified atom stereocenters. The molecule has 1 aromatic rings. The van der Waals surface area contributed by atoms with Crippen molar-refractivity contribution in [2.24, 2.45) is 0 Å². The summed E-state index contributed by atoms with van der Waals surface area (Å²) in [6.07, 6.45) is 0.954. The molecule has 3 heteroatoms. The zero-order valence-corrected chi connectivity index (χ0v) is 11.4. The molecule has 0 spiro atoms. The van der Waals surface area contributed by atoms with E-state index in [0.717, 1.165) is 28.8 Å². The molecule has 2 nitrogen and oxygen atoms in total. The van der Waals surface area contributed by atoms with Crippen LogP contribution in [0.2, 0.25) is 0 Å². The molecule has 0 aliphatic rings. The molecule has 0 saturated heterocycles. The molecule has 0 atom stereocenters. The molecule has 0 bridgehead atoms. The molecular formula is C13H18BrNO. The van der Waals surface area contributed by atoms with Crippen LogP contribution in [0, 0.1) is 0 Å². The van der Waals surface area contributed by atoms with Crippen molar-refractivity contribution in [2.45, 2.75) is 19.9 Å². The van der Waals surface area contributed by atoms with Crippen molar-refractivity contribution >= 4 is 15.9 Å². The van der Waals surface area contributed by atoms with Gasteiger partial charge in [0.25, 0.3) is 0 Å². The molecule has 0 aromatic heterocycles. The van der Waals surface area contributed by atoms with Crippen molar-refractivity contribution in [2.75, 3.05) is 13.7 Å². The van der Waals surface area contributed by atoms with Gasteiger partial charge >= 0.3 is 0 Å². The van der Waals surface area contributed by atoms with Gasteiger partial charge < -0.3 is 10.1 Å². The van der Waals surface area contributed by atoms with Crippen molar-refractivity contribution in [3.8, 4) is 5.75 Å². The maximum absolute atomic E-state index is 5.66. The van der Waals surface area contributed by atoms with Crippen molar-refractivity contribution < 1.29 is 4.74 Å². The quantitative estimate of drug-likeness (QED) is 0.807. The second-order valence-electron chi connectivity index (χ2n) is 3.69. The highest BCUT2D eigenvalue weighted by atomic mass is 79.9. The fourth-order valence-electron chi connectivity index (χ4n) is 1.26. The summed E-state index contributed by atoms with van der Waals surface area (Å²) in [6.45, 7) is 7.44. The first-order valence-corrected chi connectivity index (χ1v) is 6.19. The van der Waals surface area contributed by atoms with Gasteiger partial charge in [-0.1, -0.05) is 19.6 Å². The van der Waals surface area contributed by atoms with Crippen LogP contribution >= 0.6 is 15.9 Å². The molecule has 0 saturated carbocycles. The summed E-state index contributed by atoms with van der Waals surface area (Å²) in [7, 11) is 1.93. The van der Waals surface area contributed by atoms with E-state index in [-0.39, 0.29) is 0 Å². The van der Waals surface area contributed by atoms with Crippen LogP contribution in [0.3, 0.4) is 0 Å². The number of hydrogen-bond donors (Lipinski definition) is 1. The van der Waals surface area contributed by atoms with E-state index in [9.17, 15) is 0 Å². The Balaban J connectivity index is 2.64. The summed E-state index contributed by atoms with van der Waals surface area (Å²) in [5.41, 5.74) is 2.34. The predicted molar refractivity (Wildman–Crippen MR) is 71.8 cm³/mol. The fraction of sp³-hybridized carbons (Fsp3) is 0.385. The van der Waals surface area contributed by atoms with E-state index in [2.05, 4.69) is 46.9 Å². The molecule has 0 aliphatic carbocycles. The maximum Gasteiger partial charge on any atom is 0.133 e. The van der Waals surface area contributed by atoms with Crippen LogP contribution in [0.15, 0.2) is 34.8 Å². The van der Waals surface area contributed by atoms with Gasteiger partial charge in [-0.05, 0) is 52.7 Å². The first-order valence-electron chi connectivity index (χ1n) is 5.39. The topological polar surface area (TPSA) is 21.3 Å². The minimum Gasteiger partial charge on any atom is -0.488 e. The van der Waals surface area contributed by atoms with Gasteiger partial charge in [-0.2, -0.15) is 0 Å². The maximum atomic E-state index is 5.66. The normalized spacial score (nSPS) is 10.2. The number of nitrogens with one attached hydrogen (secondary N) is 1. The van der Waals surface area contributed by atoms with Crippen molar-refractivity contribution in [1.82, 2.24) is 5.32 Å². The first kappa shape index (κ1) is 13.3. The Morgan fingerprint density at radius 1 is 1.50 bits per heavy atom. The highest BCUT2D eigenvalue weighted by molar-refractivity contribution is 9.10. The summed E-state index contributed by atoms with van der Waals surface area (Å²) in [5, 5.41) is 3.11. The van der Waals surface area contributed by atoms with Crippen LogP contribution in [0.5, 0.6) is 5.75 Å². The third-order valence-corrected chi connectivity index (χ3v) is 2.93. The van der Waals surface area contributed by atoms with Crippen LogP contribution in [-0.4, -0.2) is 13.7 Å². The predicted octanol–water partition coefficient (Wildman–Crippen LogP) is 3.51. The van der Waals surface area contributed by atoms with Gasteiger partial charge in [0, 0.05) is 6.54 Å². The Morgan fingerprint density at radius 3 is 2.81 bits per heavy atom. The van der Waals surface area contributed by atoms with Crippen molar-refractivity contribution in [3.05, 3.63) is 40.4 Å². The van der Waals surface area contributed by atoms with Gasteiger partial charge in [-0.15, -0.1) is 0 Å². The molecule has 0 amide bonds. The van der Waals surface area contributed by atoms with Crippen LogP contribution in [-0.2, 0) is 6.54 Å². The molecule has 0 heterocycles. The lowest BCUT2D eigenvalue weighted by atomic mass is 10.2. The van der Waals surface area contributed by atoms with E-state index in [1.165, 1.54) is 5.56 Å². The van der Waals surface area contributed by atoms with Crippen molar-refractivity contribution in [3.63, 3.8) is 0 Å². The molecule has 1 N–H and O–H groups in total. The highest BCUT2D eigenvalue weighted by Crippen LogP contribution is 2.26. The monoisotopic (exact) mass is 283 g/mol. The number of ether oxygens (including phenoxy) is 1. The fourth-order valence-corrected chi connectivity index (χ4v) is 1.80. The first-order chi connectivity index (χ1) is 7.67. The van der Waals surface area contributed by atoms with E-state index in [4.69, 9.17) is 4.74 Å². The number of halogens is 1. The summed E-state index contributed by atoms with van der Waals surface area (Å²) in [4.78, 5) is 0. The molecule has 0 aliphatic heterocycles. The third kappa shape index (κ3) is 3.99. The lowest BCUT2D eigenvalue weighted by molar-refractivity contribution is 0.347. The van der Waals surface area contributed by atoms with E-state index >= 15 is 0 Å². The van der Waals surface area contributed by atoms with Crippen molar-refractivity contribution in [1.29, 1.82) is 0 Å². The SMILES string of the molecule is C=C(CC)COc1ccc(CNC)cc1Br. The van der Waals surface area contributed by atoms with Gasteiger partial charge in [0.2, 0.25) is 0 Å². The highest BCUT2D eigenvalue weighted by Gasteiger charge is 2.02. The second-order valence-corrected chi connectivity index (χ2v) is 4.54. The Kier molecular flexibility index (Phi) is 5.56. The van der Waals surface area contributed by atoms with Gasteiger partial charge in [-0.25, -0.2) is 0 Å². The van der Waals surface area contributed by atoms with Gasteiger partial charge in [-0.3, -0.25) is 0 Å². The Bertz CT molecular complexity index is 363. The minimum absolute atomic E-state index is 0.584. The summed E-state index contributed by atoms with van der Waals surface area (Å²) < 4.78 is 6.65. The molecule has 0 fully saturated rings. The number of benzene rings is 1. The third-order valence-electron chi connectivity index (χ3n) is 2.31. The molecule has 88 valence electrons. The largest absolute Gasteiger partial charge is 0.488 e. The van der Waals surface area contributed by atoms with E-state index < -0.39 is 0 Å². The van der Waals surface area contributed by atoms with Gasteiger partial charge in [0.1, 0.15) is 12.4 Å². The molecule has 0 radical (unpaired) electrons. The van der Waals surface area contributed by atoms with Crippen LogP contribution < -0.4 is 10.1 Å². The smallest absolute Gasteiger partial charge is 0.133 e. The van der Waals surface area contributed by atoms with E-state index in [0.29, 0.717) is 6.61 Å². The Labute approximate surface area is 106 Å². The Hall–Kier alpha value is -0.800. The minimum atomic E-state index is 0.584. The average Bonchev–Trinajstić information content (AvgIpc) is 2.28. The summed E-state index contributed by atoms with van der Waals surface area (Å²) in [6, 6.07) is 6.12. The lowest BCUT2D eigenvalue weighted by Crippen LogP contribution is -2.05. The lowest BCUT2D eigenvalue weighted by Gasteiger charge is -2.10. The molecular weight excluding hydrogens is 266 g/mol. The van der Waals surface area contributed by atoms with E-state index in [1.54, 1.807) is 0 Å². The summed E-state index contributed by atoms with van der Waals surface area (Å²) in [5.74, 6) is 0.870. The number of rotatable bonds is 6.